The van der Waals surface area contributed by atoms with E-state index >= 15 is 0 Å². The molecule has 0 N–H and O–H groups in total. The van der Waals surface area contributed by atoms with E-state index in [2.05, 4.69) is 304 Å². The monoisotopic (exact) mass is 1050 g/mol. The third-order valence-electron chi connectivity index (χ3n) is 17.8. The van der Waals surface area contributed by atoms with Crippen molar-refractivity contribution in [1.29, 1.82) is 0 Å². The van der Waals surface area contributed by atoms with Crippen molar-refractivity contribution in [1.82, 2.24) is 0 Å². The van der Waals surface area contributed by atoms with Gasteiger partial charge in [0.1, 0.15) is 0 Å². The summed E-state index contributed by atoms with van der Waals surface area (Å²) in [6, 6.07) is 104. The molecular formula is C72H46B3N5S. The average Bonchev–Trinajstić information content (AvgIpc) is 3.46. The molecule has 6 aliphatic rings. The first-order valence-electron chi connectivity index (χ1n) is 28.1. The lowest BCUT2D eigenvalue weighted by Gasteiger charge is -2.51. The van der Waals surface area contributed by atoms with Crippen molar-refractivity contribution in [2.24, 2.45) is 0 Å². The van der Waals surface area contributed by atoms with E-state index in [1.165, 1.54) is 110 Å². The summed E-state index contributed by atoms with van der Waals surface area (Å²) in [6.07, 6.45) is 0. The number of anilines is 15. The van der Waals surface area contributed by atoms with Gasteiger partial charge < -0.3 is 24.5 Å². The van der Waals surface area contributed by atoms with E-state index in [1.54, 1.807) is 0 Å². The number of hydrogen-bond acceptors (Lipinski definition) is 6. The third kappa shape index (κ3) is 6.38. The molecule has 0 amide bonds. The Balaban J connectivity index is 0.934. The molecule has 12 aromatic rings. The minimum Gasteiger partial charge on any atom is -0.312 e. The van der Waals surface area contributed by atoms with Crippen LogP contribution in [-0.4, -0.2) is 20.1 Å². The van der Waals surface area contributed by atoms with Gasteiger partial charge in [0.05, 0.1) is 0 Å². The predicted molar refractivity (Wildman–Crippen MR) is 344 cm³/mol. The molecule has 6 aliphatic heterocycles. The number of para-hydroxylation sites is 9. The van der Waals surface area contributed by atoms with Crippen molar-refractivity contribution >= 4 is 166 Å². The highest BCUT2D eigenvalue weighted by atomic mass is 32.2. The van der Waals surface area contributed by atoms with Gasteiger partial charge in [-0.1, -0.05) is 187 Å². The van der Waals surface area contributed by atoms with Crippen molar-refractivity contribution in [3.63, 3.8) is 0 Å². The Morgan fingerprint density at radius 1 is 0.247 bits per heavy atom. The first-order valence-corrected chi connectivity index (χ1v) is 28.9. The van der Waals surface area contributed by atoms with E-state index in [0.717, 1.165) is 34.1 Å². The molecule has 0 aromatic heterocycles. The van der Waals surface area contributed by atoms with Crippen LogP contribution in [0.3, 0.4) is 0 Å². The second-order valence-corrected chi connectivity index (χ2v) is 23.0. The number of fused-ring (bicyclic) bond motifs is 14. The van der Waals surface area contributed by atoms with Crippen LogP contribution in [0.25, 0.3) is 0 Å². The fourth-order valence-corrected chi connectivity index (χ4v) is 15.9. The highest BCUT2D eigenvalue weighted by Crippen LogP contribution is 2.52. The van der Waals surface area contributed by atoms with Crippen molar-refractivity contribution in [2.75, 3.05) is 24.5 Å². The van der Waals surface area contributed by atoms with E-state index in [9.17, 15) is 0 Å². The lowest BCUT2D eigenvalue weighted by atomic mass is 9.28. The molecule has 18 rings (SSSR count). The van der Waals surface area contributed by atoms with Gasteiger partial charge in [0.25, 0.3) is 13.4 Å². The number of rotatable bonds is 6. The standard InChI is InChI=1S/C72H46B3N5S/c1-6-24-47(25-7-1)76(48-26-8-2-9-27-48)52-42-64-69-68(43-52)81-67-46-63-57(44-58(67)75(69)54-35-17-21-39-60(54)77(64)49-28-10-3-11-29-49)74-56-37-19-23-41-62(56)80-61-40-22-18-36-55(61)73-53-34-16-20-38-59(53)78(50-30-12-4-13-31-50)65-45-66(71(74)72(80)70(65)73)79(63)51-32-14-5-15-33-51/h1-46H. The molecule has 0 aliphatic carbocycles. The van der Waals surface area contributed by atoms with Gasteiger partial charge in [0.2, 0.25) is 6.71 Å². The fourth-order valence-electron chi connectivity index (χ4n) is 14.7. The lowest BCUT2D eigenvalue weighted by Crippen LogP contribution is -2.69. The Labute approximate surface area is 476 Å². The summed E-state index contributed by atoms with van der Waals surface area (Å²) >= 11 is 1.92. The van der Waals surface area contributed by atoms with E-state index in [-0.39, 0.29) is 20.1 Å². The molecular weight excluding hydrogens is 999 g/mol. The maximum absolute atomic E-state index is 2.65. The summed E-state index contributed by atoms with van der Waals surface area (Å²) in [5, 5.41) is 0. The zero-order valence-electron chi connectivity index (χ0n) is 43.9. The summed E-state index contributed by atoms with van der Waals surface area (Å²) in [7, 11) is 0. The third-order valence-corrected chi connectivity index (χ3v) is 18.9. The Bertz CT molecular complexity index is 4520. The van der Waals surface area contributed by atoms with Crippen molar-refractivity contribution in [2.45, 2.75) is 9.79 Å². The molecule has 0 bridgehead atoms. The molecule has 0 atom stereocenters. The predicted octanol–water partition coefficient (Wildman–Crippen LogP) is 12.6. The molecule has 0 unspecified atom stereocenters. The zero-order valence-corrected chi connectivity index (χ0v) is 44.8. The van der Waals surface area contributed by atoms with Crippen molar-refractivity contribution in [3.8, 4) is 0 Å². The molecule has 0 saturated heterocycles. The van der Waals surface area contributed by atoms with Gasteiger partial charge in [-0.05, 0) is 153 Å². The summed E-state index contributed by atoms with van der Waals surface area (Å²) in [5.41, 5.74) is 29.8. The lowest BCUT2D eigenvalue weighted by molar-refractivity contribution is 1.22. The molecule has 12 aromatic carbocycles. The number of benzene rings is 12. The maximum Gasteiger partial charge on any atom is 0.252 e. The molecule has 0 fully saturated rings. The Morgan fingerprint density at radius 2 is 0.617 bits per heavy atom. The van der Waals surface area contributed by atoms with Gasteiger partial charge in [-0.15, -0.1) is 0 Å². The quantitative estimate of drug-likeness (QED) is 0.153. The summed E-state index contributed by atoms with van der Waals surface area (Å²) < 4.78 is 0. The van der Waals surface area contributed by atoms with Gasteiger partial charge in [-0.3, -0.25) is 0 Å². The molecule has 0 spiro atoms. The van der Waals surface area contributed by atoms with Gasteiger partial charge >= 0.3 is 0 Å². The van der Waals surface area contributed by atoms with Gasteiger partial charge in [0.15, 0.2) is 0 Å². The van der Waals surface area contributed by atoms with Crippen LogP contribution in [0.1, 0.15) is 0 Å². The second-order valence-electron chi connectivity index (χ2n) is 21.9. The summed E-state index contributed by atoms with van der Waals surface area (Å²) in [6.45, 7) is -0.0914. The van der Waals surface area contributed by atoms with E-state index in [0.29, 0.717) is 0 Å². The molecule has 5 nitrogen and oxygen atoms in total. The Morgan fingerprint density at radius 3 is 1.09 bits per heavy atom. The molecule has 9 heteroatoms. The van der Waals surface area contributed by atoms with Gasteiger partial charge in [-0.25, -0.2) is 0 Å². The van der Waals surface area contributed by atoms with Gasteiger partial charge in [-0.2, -0.15) is 0 Å². The first-order chi connectivity index (χ1) is 40.2. The normalized spacial score (nSPS) is 14.0. The van der Waals surface area contributed by atoms with Crippen LogP contribution >= 0.6 is 11.8 Å². The number of nitrogens with zero attached hydrogens (tertiary/aromatic N) is 5. The highest BCUT2D eigenvalue weighted by Gasteiger charge is 2.52. The SMILES string of the molecule is c1ccc(N(c2ccccc2)c2cc3c4c(c2)N(c2ccccc2)c2ccccc2B4c2cc4c(cc2S3)N(c2ccccc2)c2cc3c5c6c2B4c2ccccc2N6c2ccccc2B5c2ccccc2N3c2ccccc2)cc1. The Hall–Kier alpha value is -9.82. The fraction of sp³-hybridized carbons (Fsp3) is 0. The molecule has 81 heavy (non-hydrogen) atoms. The zero-order chi connectivity index (χ0) is 52.9. The van der Waals surface area contributed by atoms with Crippen LogP contribution in [0.4, 0.5) is 85.3 Å². The summed E-state index contributed by atoms with van der Waals surface area (Å²) in [5.74, 6) is 0. The largest absolute Gasteiger partial charge is 0.312 e. The highest BCUT2D eigenvalue weighted by molar-refractivity contribution is 8.00. The maximum atomic E-state index is 2.65. The van der Waals surface area contributed by atoms with Crippen LogP contribution in [0.2, 0.25) is 0 Å². The minimum atomic E-state index is -0.0699. The average molecular weight is 1050 g/mol. The van der Waals surface area contributed by atoms with Crippen LogP contribution in [0.15, 0.2) is 289 Å². The van der Waals surface area contributed by atoms with E-state index in [4.69, 9.17) is 0 Å². The van der Waals surface area contributed by atoms with Gasteiger partial charge in [0, 0.05) is 95.1 Å². The minimum absolute atomic E-state index is 0.0205. The van der Waals surface area contributed by atoms with Crippen LogP contribution in [0.5, 0.6) is 0 Å². The van der Waals surface area contributed by atoms with Crippen LogP contribution < -0.4 is 73.7 Å². The second kappa shape index (κ2) is 17.3. The van der Waals surface area contributed by atoms with Crippen molar-refractivity contribution < 1.29 is 0 Å². The topological polar surface area (TPSA) is 16.2 Å². The van der Waals surface area contributed by atoms with E-state index < -0.39 is 0 Å². The molecule has 374 valence electrons. The van der Waals surface area contributed by atoms with Crippen LogP contribution in [-0.2, 0) is 0 Å². The molecule has 6 heterocycles. The summed E-state index contributed by atoms with van der Waals surface area (Å²) in [4.78, 5) is 15.3. The molecule has 0 saturated carbocycles. The molecule has 0 radical (unpaired) electrons. The Kier molecular flexibility index (Phi) is 9.65. The first kappa shape index (κ1) is 45.1. The van der Waals surface area contributed by atoms with Crippen LogP contribution in [0, 0.1) is 0 Å². The van der Waals surface area contributed by atoms with E-state index in [1.807, 2.05) is 11.8 Å². The number of hydrogen-bond donors (Lipinski definition) is 0. The van der Waals surface area contributed by atoms with Crippen molar-refractivity contribution in [3.05, 3.63) is 279 Å². The smallest absolute Gasteiger partial charge is 0.252 e.